The molecule has 1 N–H and O–H groups in total. The molecule has 0 aliphatic rings. The molecule has 0 saturated carbocycles. The van der Waals surface area contributed by atoms with Crippen LogP contribution in [0.1, 0.15) is 5.56 Å². The van der Waals surface area contributed by atoms with Crippen LogP contribution in [0.5, 0.6) is 0 Å². The Morgan fingerprint density at radius 2 is 2.29 bits per heavy atom. The highest BCUT2D eigenvalue weighted by Gasteiger charge is 2.19. The predicted octanol–water partition coefficient (Wildman–Crippen LogP) is 2.05. The van der Waals surface area contributed by atoms with E-state index in [9.17, 15) is 19.6 Å². The summed E-state index contributed by atoms with van der Waals surface area (Å²) < 4.78 is 18.0. The van der Waals surface area contributed by atoms with Gasteiger partial charge in [-0.1, -0.05) is 0 Å². The molecule has 1 unspecified atom stereocenters. The zero-order chi connectivity index (χ0) is 13.0. The third-order valence-electron chi connectivity index (χ3n) is 2.13. The van der Waals surface area contributed by atoms with Crippen LogP contribution in [-0.4, -0.2) is 29.9 Å². The molecule has 1 atom stereocenters. The summed E-state index contributed by atoms with van der Waals surface area (Å²) in [7, 11) is 1.40. The molecule has 5 nitrogen and oxygen atoms in total. The fourth-order valence-corrected chi connectivity index (χ4v) is 1.75. The average Bonchev–Trinajstić information content (AvgIpc) is 2.23. The second-order valence-electron chi connectivity index (χ2n) is 3.47. The van der Waals surface area contributed by atoms with Crippen molar-refractivity contribution in [3.05, 3.63) is 38.1 Å². The van der Waals surface area contributed by atoms with E-state index in [1.165, 1.54) is 7.11 Å². The number of rotatable bonds is 5. The number of nitro benzene ring substituents is 1. The zero-order valence-corrected chi connectivity index (χ0v) is 10.6. The highest BCUT2D eigenvalue weighted by Crippen LogP contribution is 2.27. The lowest BCUT2D eigenvalue weighted by atomic mass is 10.1. The molecule has 0 heterocycles. The van der Waals surface area contributed by atoms with Crippen molar-refractivity contribution in [2.45, 2.75) is 12.5 Å². The largest absolute Gasteiger partial charge is 0.390 e. The van der Waals surface area contributed by atoms with Crippen LogP contribution in [-0.2, 0) is 11.2 Å². The fraction of sp³-hybridized carbons (Fsp3) is 0.400. The van der Waals surface area contributed by atoms with Gasteiger partial charge in [0.15, 0.2) is 0 Å². The summed E-state index contributed by atoms with van der Waals surface area (Å²) in [6.07, 6.45) is -0.937. The van der Waals surface area contributed by atoms with E-state index in [0.29, 0.717) is 0 Å². The first-order valence-electron chi connectivity index (χ1n) is 4.75. The second kappa shape index (κ2) is 6.04. The van der Waals surface area contributed by atoms with Crippen molar-refractivity contribution >= 4 is 21.6 Å². The smallest absolute Gasteiger partial charge is 0.274 e. The van der Waals surface area contributed by atoms with Crippen LogP contribution in [0.3, 0.4) is 0 Å². The van der Waals surface area contributed by atoms with Gasteiger partial charge in [0, 0.05) is 25.2 Å². The number of aliphatic hydroxyl groups excluding tert-OH is 1. The van der Waals surface area contributed by atoms with Crippen LogP contribution in [0.2, 0.25) is 0 Å². The Hall–Kier alpha value is -1.05. The Bertz CT molecular complexity index is 427. The predicted molar refractivity (Wildman–Crippen MR) is 62.3 cm³/mol. The van der Waals surface area contributed by atoms with Crippen LogP contribution in [0.4, 0.5) is 10.1 Å². The van der Waals surface area contributed by atoms with Crippen molar-refractivity contribution in [2.75, 3.05) is 13.7 Å². The zero-order valence-electron chi connectivity index (χ0n) is 9.02. The SMILES string of the molecule is COCC(O)Cc1cc(F)c(Br)cc1[N+](=O)[O-]. The van der Waals surface area contributed by atoms with Gasteiger partial charge in [-0.05, 0) is 22.0 Å². The summed E-state index contributed by atoms with van der Waals surface area (Å²) in [6, 6.07) is 2.13. The van der Waals surface area contributed by atoms with E-state index < -0.39 is 16.8 Å². The first-order valence-corrected chi connectivity index (χ1v) is 5.54. The maximum absolute atomic E-state index is 13.3. The first-order chi connectivity index (χ1) is 7.95. The molecule has 7 heteroatoms. The van der Waals surface area contributed by atoms with E-state index in [0.717, 1.165) is 12.1 Å². The number of nitro groups is 1. The molecule has 0 amide bonds. The highest BCUT2D eigenvalue weighted by atomic mass is 79.9. The number of hydrogen-bond donors (Lipinski definition) is 1. The highest BCUT2D eigenvalue weighted by molar-refractivity contribution is 9.10. The van der Waals surface area contributed by atoms with Crippen molar-refractivity contribution in [3.63, 3.8) is 0 Å². The minimum absolute atomic E-state index is 0.0224. The Labute approximate surface area is 105 Å². The summed E-state index contributed by atoms with van der Waals surface area (Å²) in [5.74, 6) is -0.602. The molecule has 0 saturated heterocycles. The molecule has 0 fully saturated rings. The maximum atomic E-state index is 13.3. The summed E-state index contributed by atoms with van der Waals surface area (Å²) in [5, 5.41) is 20.3. The molecule has 1 aromatic rings. The molecule has 0 aliphatic carbocycles. The normalized spacial score (nSPS) is 12.5. The number of aliphatic hydroxyl groups is 1. The Balaban J connectivity index is 3.04. The summed E-state index contributed by atoms with van der Waals surface area (Å²) in [4.78, 5) is 10.2. The molecule has 1 aromatic carbocycles. The topological polar surface area (TPSA) is 72.6 Å². The lowest BCUT2D eigenvalue weighted by Gasteiger charge is -2.10. The number of halogens is 2. The van der Waals surface area contributed by atoms with E-state index in [1.54, 1.807) is 0 Å². The average molecular weight is 308 g/mol. The summed E-state index contributed by atoms with van der Waals surface area (Å²) >= 11 is 2.88. The standard InChI is InChI=1S/C10H11BrFNO4/c1-17-5-7(14)2-6-3-9(12)8(11)4-10(6)13(15)16/h3-4,7,14H,2,5H2,1H3. The van der Waals surface area contributed by atoms with Crippen molar-refractivity contribution in [1.82, 2.24) is 0 Å². The molecule has 0 radical (unpaired) electrons. The molecule has 1 rings (SSSR count). The number of benzene rings is 1. The fourth-order valence-electron chi connectivity index (χ4n) is 1.42. The van der Waals surface area contributed by atoms with E-state index >= 15 is 0 Å². The van der Waals surface area contributed by atoms with Gasteiger partial charge in [0.2, 0.25) is 0 Å². The van der Waals surface area contributed by atoms with E-state index in [1.807, 2.05) is 0 Å². The van der Waals surface area contributed by atoms with Crippen molar-refractivity contribution in [1.29, 1.82) is 0 Å². The first kappa shape index (κ1) is 14.0. The van der Waals surface area contributed by atoms with Crippen LogP contribution >= 0.6 is 15.9 Å². The number of ether oxygens (including phenoxy) is 1. The van der Waals surface area contributed by atoms with Gasteiger partial charge in [0.25, 0.3) is 5.69 Å². The van der Waals surface area contributed by atoms with Gasteiger partial charge in [-0.2, -0.15) is 0 Å². The monoisotopic (exact) mass is 307 g/mol. The quantitative estimate of drug-likeness (QED) is 0.667. The lowest BCUT2D eigenvalue weighted by Crippen LogP contribution is -2.17. The van der Waals surface area contributed by atoms with Crippen LogP contribution in [0, 0.1) is 15.9 Å². The van der Waals surface area contributed by atoms with E-state index in [2.05, 4.69) is 15.9 Å². The minimum Gasteiger partial charge on any atom is -0.390 e. The van der Waals surface area contributed by atoms with Gasteiger partial charge in [-0.15, -0.1) is 0 Å². The van der Waals surface area contributed by atoms with E-state index in [-0.39, 0.29) is 28.8 Å². The van der Waals surface area contributed by atoms with Crippen LogP contribution in [0.15, 0.2) is 16.6 Å². The molecule has 0 bridgehead atoms. The Morgan fingerprint density at radius 3 is 2.82 bits per heavy atom. The van der Waals surface area contributed by atoms with Crippen molar-refractivity contribution in [2.24, 2.45) is 0 Å². The molecular formula is C10H11BrFNO4. The minimum atomic E-state index is -0.903. The number of nitrogens with zero attached hydrogens (tertiary/aromatic N) is 1. The van der Waals surface area contributed by atoms with Crippen molar-refractivity contribution in [3.8, 4) is 0 Å². The molecular weight excluding hydrogens is 297 g/mol. The van der Waals surface area contributed by atoms with Gasteiger partial charge in [0.1, 0.15) is 5.82 Å². The van der Waals surface area contributed by atoms with Gasteiger partial charge in [-0.3, -0.25) is 10.1 Å². The Morgan fingerprint density at radius 1 is 1.65 bits per heavy atom. The molecule has 94 valence electrons. The lowest BCUT2D eigenvalue weighted by molar-refractivity contribution is -0.385. The number of hydrogen-bond acceptors (Lipinski definition) is 4. The number of methoxy groups -OCH3 is 1. The summed E-state index contributed by atoms with van der Waals surface area (Å²) in [6.45, 7) is 0.0365. The van der Waals surface area contributed by atoms with Crippen LogP contribution < -0.4 is 0 Å². The molecule has 0 aliphatic heterocycles. The van der Waals surface area contributed by atoms with Gasteiger partial charge in [-0.25, -0.2) is 4.39 Å². The maximum Gasteiger partial charge on any atom is 0.274 e. The third-order valence-corrected chi connectivity index (χ3v) is 2.74. The molecule has 0 spiro atoms. The van der Waals surface area contributed by atoms with Gasteiger partial charge in [0.05, 0.1) is 22.1 Å². The molecule has 0 aromatic heterocycles. The third kappa shape index (κ3) is 3.72. The van der Waals surface area contributed by atoms with E-state index in [4.69, 9.17) is 4.74 Å². The van der Waals surface area contributed by atoms with Gasteiger partial charge < -0.3 is 9.84 Å². The Kier molecular flexibility index (Phi) is 4.98. The molecule has 17 heavy (non-hydrogen) atoms. The van der Waals surface area contributed by atoms with Gasteiger partial charge >= 0.3 is 0 Å². The second-order valence-corrected chi connectivity index (χ2v) is 4.32. The van der Waals surface area contributed by atoms with Crippen LogP contribution in [0.25, 0.3) is 0 Å². The summed E-state index contributed by atoms with van der Waals surface area (Å²) in [5.41, 5.74) is -0.0892. The van der Waals surface area contributed by atoms with Crippen molar-refractivity contribution < 1.29 is 19.2 Å².